The highest BCUT2D eigenvalue weighted by Crippen LogP contribution is 2.19. The number of aryl methyl sites for hydroxylation is 2. The van der Waals surface area contributed by atoms with E-state index >= 15 is 0 Å². The molecule has 1 aromatic heterocycles. The Labute approximate surface area is 154 Å². The Kier molecular flexibility index (Phi) is 5.52. The van der Waals surface area contributed by atoms with E-state index in [2.05, 4.69) is 36.4 Å². The molecule has 0 spiro atoms. The molecule has 1 N–H and O–H groups in total. The number of aromatic nitrogens is 2. The molecule has 0 aliphatic heterocycles. The third-order valence-corrected chi connectivity index (χ3v) is 4.65. The number of nitrogens with one attached hydrogen (secondary N) is 1. The van der Waals surface area contributed by atoms with Crippen molar-refractivity contribution in [1.82, 2.24) is 15.1 Å². The molecule has 0 saturated heterocycles. The molecule has 0 atom stereocenters. The first kappa shape index (κ1) is 17.9. The number of para-hydroxylation sites is 1. The van der Waals surface area contributed by atoms with Crippen molar-refractivity contribution in [3.63, 3.8) is 0 Å². The van der Waals surface area contributed by atoms with E-state index < -0.39 is 0 Å². The van der Waals surface area contributed by atoms with Gasteiger partial charge in [-0.2, -0.15) is 5.10 Å². The molecule has 0 aliphatic carbocycles. The van der Waals surface area contributed by atoms with Gasteiger partial charge in [-0.3, -0.25) is 4.79 Å². The first-order chi connectivity index (χ1) is 12.5. The lowest BCUT2D eigenvalue weighted by Crippen LogP contribution is -2.23. The van der Waals surface area contributed by atoms with Crippen molar-refractivity contribution in [2.24, 2.45) is 0 Å². The van der Waals surface area contributed by atoms with Crippen LogP contribution in [0.1, 0.15) is 34.5 Å². The highest BCUT2D eigenvalue weighted by molar-refractivity contribution is 5.76. The summed E-state index contributed by atoms with van der Waals surface area (Å²) >= 11 is 0. The molecule has 26 heavy (non-hydrogen) atoms. The van der Waals surface area contributed by atoms with Gasteiger partial charge in [0, 0.05) is 18.7 Å². The SMILES string of the molecule is Cc1ccc(CNC(=O)CCc2c(C)nn(-c3ccccc3)c2C)cc1. The Balaban J connectivity index is 1.60. The average molecular weight is 347 g/mol. The maximum Gasteiger partial charge on any atom is 0.220 e. The minimum Gasteiger partial charge on any atom is -0.352 e. The van der Waals surface area contributed by atoms with E-state index in [9.17, 15) is 4.79 Å². The van der Waals surface area contributed by atoms with Crippen LogP contribution in [0.3, 0.4) is 0 Å². The van der Waals surface area contributed by atoms with E-state index in [1.54, 1.807) is 0 Å². The predicted molar refractivity (Wildman–Crippen MR) is 104 cm³/mol. The van der Waals surface area contributed by atoms with Gasteiger partial charge in [-0.1, -0.05) is 48.0 Å². The number of hydrogen-bond donors (Lipinski definition) is 1. The van der Waals surface area contributed by atoms with Crippen LogP contribution >= 0.6 is 0 Å². The van der Waals surface area contributed by atoms with Crippen LogP contribution in [0.25, 0.3) is 5.69 Å². The summed E-state index contributed by atoms with van der Waals surface area (Å²) in [6.45, 7) is 6.70. The Morgan fingerprint density at radius 1 is 1.00 bits per heavy atom. The summed E-state index contributed by atoms with van der Waals surface area (Å²) in [7, 11) is 0. The van der Waals surface area contributed by atoms with Gasteiger partial charge in [0.1, 0.15) is 0 Å². The van der Waals surface area contributed by atoms with Crippen LogP contribution in [0, 0.1) is 20.8 Å². The number of carbonyl (C=O) groups excluding carboxylic acids is 1. The van der Waals surface area contributed by atoms with Crippen molar-refractivity contribution in [3.8, 4) is 5.69 Å². The normalized spacial score (nSPS) is 10.7. The number of rotatable bonds is 6. The zero-order chi connectivity index (χ0) is 18.5. The summed E-state index contributed by atoms with van der Waals surface area (Å²) in [5, 5.41) is 7.65. The monoisotopic (exact) mass is 347 g/mol. The lowest BCUT2D eigenvalue weighted by molar-refractivity contribution is -0.121. The molecule has 0 radical (unpaired) electrons. The number of hydrogen-bond acceptors (Lipinski definition) is 2. The molecule has 4 heteroatoms. The molecule has 3 aromatic rings. The second-order valence-corrected chi connectivity index (χ2v) is 6.66. The third kappa shape index (κ3) is 4.20. The zero-order valence-corrected chi connectivity index (χ0v) is 15.6. The molecule has 1 amide bonds. The van der Waals surface area contributed by atoms with E-state index in [4.69, 9.17) is 0 Å². The number of nitrogens with zero attached hydrogens (tertiary/aromatic N) is 2. The van der Waals surface area contributed by atoms with E-state index in [1.807, 2.05) is 54.1 Å². The minimum atomic E-state index is 0.0665. The van der Waals surface area contributed by atoms with Gasteiger partial charge in [0.2, 0.25) is 5.91 Å². The van der Waals surface area contributed by atoms with Gasteiger partial charge in [-0.15, -0.1) is 0 Å². The molecule has 0 unspecified atom stereocenters. The standard InChI is InChI=1S/C22H25N3O/c1-16-9-11-19(12-10-16)15-23-22(26)14-13-21-17(2)24-25(18(21)3)20-7-5-4-6-8-20/h4-12H,13-15H2,1-3H3,(H,23,26). The molecule has 0 saturated carbocycles. The molecular weight excluding hydrogens is 322 g/mol. The summed E-state index contributed by atoms with van der Waals surface area (Å²) in [5.74, 6) is 0.0665. The first-order valence-corrected chi connectivity index (χ1v) is 8.97. The Hall–Kier alpha value is -2.88. The number of amides is 1. The summed E-state index contributed by atoms with van der Waals surface area (Å²) in [6.07, 6.45) is 1.16. The fraction of sp³-hybridized carbons (Fsp3) is 0.273. The number of benzene rings is 2. The van der Waals surface area contributed by atoms with Gasteiger partial charge in [0.25, 0.3) is 0 Å². The van der Waals surface area contributed by atoms with Crippen LogP contribution in [0.4, 0.5) is 0 Å². The molecule has 3 rings (SSSR count). The molecule has 0 fully saturated rings. The van der Waals surface area contributed by atoms with Crippen molar-refractivity contribution >= 4 is 5.91 Å². The number of carbonyl (C=O) groups is 1. The highest BCUT2D eigenvalue weighted by Gasteiger charge is 2.14. The fourth-order valence-corrected chi connectivity index (χ4v) is 3.09. The van der Waals surface area contributed by atoms with E-state index in [-0.39, 0.29) is 5.91 Å². The van der Waals surface area contributed by atoms with Gasteiger partial charge in [-0.05, 0) is 50.5 Å². The van der Waals surface area contributed by atoms with Crippen molar-refractivity contribution in [3.05, 3.63) is 82.7 Å². The van der Waals surface area contributed by atoms with E-state index in [1.165, 1.54) is 5.56 Å². The molecule has 0 bridgehead atoms. The minimum absolute atomic E-state index is 0.0665. The summed E-state index contributed by atoms with van der Waals surface area (Å²) in [6, 6.07) is 18.3. The Morgan fingerprint density at radius 3 is 2.38 bits per heavy atom. The third-order valence-electron chi connectivity index (χ3n) is 4.65. The molecule has 4 nitrogen and oxygen atoms in total. The average Bonchev–Trinajstić information content (AvgIpc) is 2.94. The highest BCUT2D eigenvalue weighted by atomic mass is 16.1. The van der Waals surface area contributed by atoms with Crippen LogP contribution in [0.15, 0.2) is 54.6 Å². The van der Waals surface area contributed by atoms with E-state index in [0.717, 1.165) is 28.2 Å². The molecule has 2 aromatic carbocycles. The van der Waals surface area contributed by atoms with Crippen molar-refractivity contribution in [2.75, 3.05) is 0 Å². The van der Waals surface area contributed by atoms with Crippen LogP contribution < -0.4 is 5.32 Å². The molecule has 1 heterocycles. The van der Waals surface area contributed by atoms with Crippen molar-refractivity contribution in [2.45, 2.75) is 40.2 Å². The van der Waals surface area contributed by atoms with Crippen LogP contribution in [0.5, 0.6) is 0 Å². The second-order valence-electron chi connectivity index (χ2n) is 6.66. The van der Waals surface area contributed by atoms with Gasteiger partial charge in [-0.25, -0.2) is 4.68 Å². The Morgan fingerprint density at radius 2 is 1.69 bits per heavy atom. The van der Waals surface area contributed by atoms with Gasteiger partial charge < -0.3 is 5.32 Å². The summed E-state index contributed by atoms with van der Waals surface area (Å²) < 4.78 is 1.95. The zero-order valence-electron chi connectivity index (χ0n) is 15.6. The molecule has 134 valence electrons. The van der Waals surface area contributed by atoms with Crippen LogP contribution in [-0.4, -0.2) is 15.7 Å². The van der Waals surface area contributed by atoms with E-state index in [0.29, 0.717) is 19.4 Å². The maximum absolute atomic E-state index is 12.2. The van der Waals surface area contributed by atoms with Crippen LogP contribution in [0.2, 0.25) is 0 Å². The lowest BCUT2D eigenvalue weighted by atomic mass is 10.1. The fourth-order valence-electron chi connectivity index (χ4n) is 3.09. The van der Waals surface area contributed by atoms with Crippen LogP contribution in [-0.2, 0) is 17.8 Å². The Bertz CT molecular complexity index is 880. The maximum atomic E-state index is 12.2. The topological polar surface area (TPSA) is 46.9 Å². The lowest BCUT2D eigenvalue weighted by Gasteiger charge is -2.07. The second kappa shape index (κ2) is 8.00. The largest absolute Gasteiger partial charge is 0.352 e. The molecule has 0 aliphatic rings. The summed E-state index contributed by atoms with van der Waals surface area (Å²) in [4.78, 5) is 12.2. The predicted octanol–water partition coefficient (Wildman–Crippen LogP) is 4.05. The quantitative estimate of drug-likeness (QED) is 0.731. The smallest absolute Gasteiger partial charge is 0.220 e. The van der Waals surface area contributed by atoms with Gasteiger partial charge >= 0.3 is 0 Å². The van der Waals surface area contributed by atoms with Crippen molar-refractivity contribution in [1.29, 1.82) is 0 Å². The first-order valence-electron chi connectivity index (χ1n) is 8.97. The van der Waals surface area contributed by atoms with Gasteiger partial charge in [0.15, 0.2) is 0 Å². The summed E-state index contributed by atoms with van der Waals surface area (Å²) in [5.41, 5.74) is 6.62. The van der Waals surface area contributed by atoms with Crippen molar-refractivity contribution < 1.29 is 4.79 Å². The van der Waals surface area contributed by atoms with Gasteiger partial charge in [0.05, 0.1) is 11.4 Å². The molecular formula is C22H25N3O.